The van der Waals surface area contributed by atoms with Crippen LogP contribution in [0.1, 0.15) is 40.5 Å². The molecular weight excluding hydrogens is 192 g/mol. The molecule has 3 nitrogen and oxygen atoms in total. The Hall–Kier alpha value is -1.38. The van der Waals surface area contributed by atoms with Crippen molar-refractivity contribution in [3.05, 3.63) is 23.3 Å². The smallest absolute Gasteiger partial charge is 0.300 e. The van der Waals surface area contributed by atoms with E-state index in [-0.39, 0.29) is 0 Å². The Morgan fingerprint density at radius 2 is 1.67 bits per heavy atom. The molecule has 0 fully saturated rings. The Labute approximate surface area is 91.5 Å². The van der Waals surface area contributed by atoms with Crippen LogP contribution >= 0.6 is 0 Å². The van der Waals surface area contributed by atoms with Crippen molar-refractivity contribution in [2.45, 2.75) is 40.5 Å². The number of carbonyl (C=O) groups excluding carboxylic acids is 1. The van der Waals surface area contributed by atoms with E-state index < -0.39 is 5.97 Å². The van der Waals surface area contributed by atoms with Crippen LogP contribution in [0.5, 0.6) is 0 Å². The van der Waals surface area contributed by atoms with Crippen molar-refractivity contribution >= 4 is 12.3 Å². The van der Waals surface area contributed by atoms with Crippen molar-refractivity contribution in [1.29, 1.82) is 0 Å². The van der Waals surface area contributed by atoms with Crippen LogP contribution < -0.4 is 0 Å². The maximum absolute atomic E-state index is 10.0. The molecule has 0 saturated heterocycles. The normalized spacial score (nSPS) is 9.73. The highest BCUT2D eigenvalue weighted by molar-refractivity contribution is 5.65. The number of carboxylic acids is 1. The minimum Gasteiger partial charge on any atom is -0.481 e. The second-order valence-electron chi connectivity index (χ2n) is 3.49. The second kappa shape index (κ2) is 10.7. The molecule has 0 radical (unpaired) electrons. The second-order valence-corrected chi connectivity index (χ2v) is 3.49. The van der Waals surface area contributed by atoms with E-state index in [1.165, 1.54) is 5.57 Å². The summed E-state index contributed by atoms with van der Waals surface area (Å²) >= 11 is 0. The number of hydrogen-bond acceptors (Lipinski definition) is 2. The van der Waals surface area contributed by atoms with Crippen LogP contribution in [0.3, 0.4) is 0 Å². The van der Waals surface area contributed by atoms with Crippen molar-refractivity contribution < 1.29 is 14.7 Å². The number of rotatable bonds is 4. The molecule has 0 aliphatic rings. The van der Waals surface area contributed by atoms with Gasteiger partial charge in [0.1, 0.15) is 6.29 Å². The summed E-state index contributed by atoms with van der Waals surface area (Å²) < 4.78 is 0. The molecule has 0 amide bonds. The lowest BCUT2D eigenvalue weighted by Gasteiger charge is -1.94. The predicted molar refractivity (Wildman–Crippen MR) is 61.8 cm³/mol. The zero-order valence-electron chi connectivity index (χ0n) is 9.91. The van der Waals surface area contributed by atoms with Gasteiger partial charge in [0.05, 0.1) is 0 Å². The molecule has 0 rings (SSSR count). The summed E-state index contributed by atoms with van der Waals surface area (Å²) in [6.45, 7) is 7.23. The standard InChI is InChI=1S/C10H16O.C2H4O2/c1-9(2)5-4-6-10(3)7-8-11;1-2(3)4/h5,7-8H,4,6H2,1-3H3;1H3,(H,3,4)/b10-7+;. The van der Waals surface area contributed by atoms with Crippen molar-refractivity contribution in [2.24, 2.45) is 0 Å². The Morgan fingerprint density at radius 3 is 2.00 bits per heavy atom. The average molecular weight is 212 g/mol. The van der Waals surface area contributed by atoms with Gasteiger partial charge in [0.15, 0.2) is 0 Å². The van der Waals surface area contributed by atoms with E-state index in [1.54, 1.807) is 6.08 Å². The lowest BCUT2D eigenvalue weighted by Crippen LogP contribution is -1.78. The molecule has 1 N–H and O–H groups in total. The van der Waals surface area contributed by atoms with Gasteiger partial charge >= 0.3 is 0 Å². The van der Waals surface area contributed by atoms with Gasteiger partial charge in [0.2, 0.25) is 0 Å². The molecule has 0 bridgehead atoms. The number of carboxylic acid groups (broad SMARTS) is 1. The quantitative estimate of drug-likeness (QED) is 0.443. The van der Waals surface area contributed by atoms with Crippen LogP contribution in [0.2, 0.25) is 0 Å². The highest BCUT2D eigenvalue weighted by Gasteiger charge is 1.86. The van der Waals surface area contributed by atoms with E-state index in [1.807, 2.05) is 6.92 Å². The molecule has 0 unspecified atom stereocenters. The lowest BCUT2D eigenvalue weighted by atomic mass is 10.1. The van der Waals surface area contributed by atoms with E-state index in [9.17, 15) is 4.79 Å². The summed E-state index contributed by atoms with van der Waals surface area (Å²) in [5, 5.41) is 7.42. The summed E-state index contributed by atoms with van der Waals surface area (Å²) in [5.74, 6) is -0.833. The van der Waals surface area contributed by atoms with Gasteiger partial charge in [-0.05, 0) is 39.7 Å². The van der Waals surface area contributed by atoms with Gasteiger partial charge in [-0.25, -0.2) is 0 Å². The number of aldehydes is 1. The fourth-order valence-corrected chi connectivity index (χ4v) is 0.788. The number of allylic oxidation sites excluding steroid dienone is 4. The van der Waals surface area contributed by atoms with Gasteiger partial charge in [-0.1, -0.05) is 17.2 Å². The minimum atomic E-state index is -0.833. The molecule has 3 heteroatoms. The van der Waals surface area contributed by atoms with E-state index in [2.05, 4.69) is 19.9 Å². The molecule has 0 spiro atoms. The third-order valence-electron chi connectivity index (χ3n) is 1.44. The van der Waals surface area contributed by atoms with Crippen molar-refractivity contribution in [3.63, 3.8) is 0 Å². The van der Waals surface area contributed by atoms with E-state index in [0.29, 0.717) is 0 Å². The first-order valence-corrected chi connectivity index (χ1v) is 4.84. The van der Waals surface area contributed by atoms with E-state index in [4.69, 9.17) is 9.90 Å². The largest absolute Gasteiger partial charge is 0.481 e. The van der Waals surface area contributed by atoms with Gasteiger partial charge < -0.3 is 5.11 Å². The fraction of sp³-hybridized carbons (Fsp3) is 0.500. The third kappa shape index (κ3) is 24.5. The maximum atomic E-state index is 10.0. The Bertz CT molecular complexity index is 242. The molecule has 15 heavy (non-hydrogen) atoms. The zero-order chi connectivity index (χ0) is 12.3. The first-order valence-electron chi connectivity index (χ1n) is 4.84. The summed E-state index contributed by atoms with van der Waals surface area (Å²) in [5.41, 5.74) is 2.49. The monoisotopic (exact) mass is 212 g/mol. The molecule has 0 aromatic heterocycles. The molecule has 0 aliphatic carbocycles. The van der Waals surface area contributed by atoms with Crippen LogP contribution in [0, 0.1) is 0 Å². The molecule has 0 atom stereocenters. The predicted octanol–water partition coefficient (Wildman–Crippen LogP) is 2.97. The van der Waals surface area contributed by atoms with Crippen LogP contribution in [-0.2, 0) is 9.59 Å². The maximum Gasteiger partial charge on any atom is 0.300 e. The van der Waals surface area contributed by atoms with Gasteiger partial charge in [-0.15, -0.1) is 0 Å². The summed E-state index contributed by atoms with van der Waals surface area (Å²) in [7, 11) is 0. The Morgan fingerprint density at radius 1 is 1.20 bits per heavy atom. The van der Waals surface area contributed by atoms with E-state index >= 15 is 0 Å². The zero-order valence-corrected chi connectivity index (χ0v) is 9.91. The summed E-state index contributed by atoms with van der Waals surface area (Å²) in [6, 6.07) is 0. The topological polar surface area (TPSA) is 54.4 Å². The number of aliphatic carboxylic acids is 1. The molecule has 0 aromatic rings. The third-order valence-corrected chi connectivity index (χ3v) is 1.44. The SMILES string of the molecule is CC(=O)O.CC(C)=CCC/C(C)=C/C=O. The van der Waals surface area contributed by atoms with Crippen LogP contribution in [-0.4, -0.2) is 17.4 Å². The summed E-state index contributed by atoms with van der Waals surface area (Å²) in [4.78, 5) is 19.0. The average Bonchev–Trinajstić information content (AvgIpc) is 2.02. The van der Waals surface area contributed by atoms with Gasteiger partial charge in [0, 0.05) is 6.92 Å². The summed E-state index contributed by atoms with van der Waals surface area (Å²) in [6.07, 6.45) is 6.68. The van der Waals surface area contributed by atoms with Gasteiger partial charge in [0.25, 0.3) is 5.97 Å². The first-order chi connectivity index (χ1) is 6.90. The molecular formula is C12H20O3. The van der Waals surface area contributed by atoms with E-state index in [0.717, 1.165) is 31.6 Å². The highest BCUT2D eigenvalue weighted by atomic mass is 16.4. The first kappa shape index (κ1) is 16.1. The Balaban J connectivity index is 0. The van der Waals surface area contributed by atoms with Gasteiger partial charge in [-0.2, -0.15) is 0 Å². The number of carbonyl (C=O) groups is 2. The van der Waals surface area contributed by atoms with Gasteiger partial charge in [-0.3, -0.25) is 9.59 Å². The molecule has 0 saturated carbocycles. The molecule has 0 aromatic carbocycles. The van der Waals surface area contributed by atoms with Crippen molar-refractivity contribution in [2.75, 3.05) is 0 Å². The fourth-order valence-electron chi connectivity index (χ4n) is 0.788. The van der Waals surface area contributed by atoms with Crippen molar-refractivity contribution in [3.8, 4) is 0 Å². The van der Waals surface area contributed by atoms with Crippen LogP contribution in [0.15, 0.2) is 23.3 Å². The minimum absolute atomic E-state index is 0.833. The lowest BCUT2D eigenvalue weighted by molar-refractivity contribution is -0.134. The highest BCUT2D eigenvalue weighted by Crippen LogP contribution is 2.05. The van der Waals surface area contributed by atoms with Crippen LogP contribution in [0.25, 0.3) is 0 Å². The molecule has 0 heterocycles. The van der Waals surface area contributed by atoms with Crippen LogP contribution in [0.4, 0.5) is 0 Å². The van der Waals surface area contributed by atoms with Crippen molar-refractivity contribution in [1.82, 2.24) is 0 Å². The molecule has 0 aliphatic heterocycles. The number of hydrogen-bond donors (Lipinski definition) is 1. The molecule has 86 valence electrons. The Kier molecular flexibility index (Phi) is 11.5.